The Morgan fingerprint density at radius 2 is 0.529 bits per heavy atom. The molecule has 13 saturated heterocycles. The van der Waals surface area contributed by atoms with Crippen molar-refractivity contribution in [2.45, 2.75) is 269 Å². The van der Waals surface area contributed by atoms with E-state index in [-0.39, 0.29) is 174 Å². The first-order valence-electron chi connectivity index (χ1n) is 47.2. The van der Waals surface area contributed by atoms with Crippen molar-refractivity contribution in [1.29, 1.82) is 0 Å². The maximum Gasteiger partial charge on any atom is 0.322 e. The van der Waals surface area contributed by atoms with Gasteiger partial charge in [0, 0.05) is 123 Å². The minimum absolute atomic E-state index is 0.0139. The topological polar surface area (TPSA) is 693 Å². The third-order valence-corrected chi connectivity index (χ3v) is 28.2. The molecule has 0 radical (unpaired) electrons. The second-order valence-electron chi connectivity index (χ2n) is 37.5. The Kier molecular flexibility index (Phi) is 33.9. The molecule has 750 valence electrons. The largest absolute Gasteiger partial charge is 0.480 e. The summed E-state index contributed by atoms with van der Waals surface area (Å²) in [7, 11) is 0. The molecular formula is C85H126N22O29. The number of hydrogen-bond donors (Lipinski definition) is 18. The average molecular weight is 1920 g/mol. The predicted octanol–water partition coefficient (Wildman–Crippen LogP) is -14.1. The molecule has 0 aromatic heterocycles. The second kappa shape index (κ2) is 45.2. The van der Waals surface area contributed by atoms with Crippen molar-refractivity contribution in [1.82, 2.24) is 107 Å². The van der Waals surface area contributed by atoms with Gasteiger partial charge in [-0.2, -0.15) is 0 Å². The number of β-amino-alcohol motifs (C(OH)–C–C–N with tert-alkyl or cyclic N) is 7. The fourth-order valence-electron chi connectivity index (χ4n) is 21.5. The molecule has 13 heterocycles. The van der Waals surface area contributed by atoms with Crippen LogP contribution < -0.4 is 53.6 Å². The summed E-state index contributed by atoms with van der Waals surface area (Å²) < 4.78 is 0. The number of aliphatic hydroxyl groups excluding tert-OH is 7. The second-order valence-corrected chi connectivity index (χ2v) is 37.5. The van der Waals surface area contributed by atoms with Gasteiger partial charge in [-0.25, -0.2) is 0 Å². The summed E-state index contributed by atoms with van der Waals surface area (Å²) in [6.45, 7) is -5.63. The number of unbranched alkanes of at least 4 members (excludes halogenated alkanes) is 1. The van der Waals surface area contributed by atoms with E-state index in [2.05, 4.69) is 47.9 Å². The van der Waals surface area contributed by atoms with Crippen LogP contribution in [-0.4, -0.2) is 489 Å². The van der Waals surface area contributed by atoms with Crippen LogP contribution in [0.3, 0.4) is 0 Å². The number of carboxylic acid groups (broad SMARTS) is 1. The molecule has 0 saturated carbocycles. The molecule has 0 unspecified atom stereocenters. The molecule has 20 amide bonds. The van der Waals surface area contributed by atoms with Crippen LogP contribution in [0.25, 0.3) is 0 Å². The summed E-state index contributed by atoms with van der Waals surface area (Å²) in [4.78, 5) is 304. The number of nitrogens with zero attached hydrogens (tertiary/aromatic N) is 12. The number of carbonyl (C=O) groups is 21. The Hall–Kier alpha value is -11.5. The molecule has 13 rings (SSSR count). The Bertz CT molecular complexity index is 4590. The first-order chi connectivity index (χ1) is 64.9. The SMILES string of the molecule is NCCCC[C@H](NC(=O)CNC(=O)[C@@H]1C[C@@H](O)CN1C(=O)[C@@H]1CCCN1C(=O)CNC(=O)[C@@H]1C[C@@H](O)CN1C(=O)[C@@H]1CCCN1C(=O)CNC(=O)[C@@H]1C[C@@H](O)CN1C(=O)[C@@H]1CCCN1)C(=O)N1C[C@H](O)C[C@H]1C(=O)NCC(=O)N1CCC[C@H]1C(=O)N1C[C@H](O)C[C@H]1C(=O)NCC(=O)N1CCC[C@H]1C(=O)N1C[C@H](O)C[C@H]1C(=O)NCC(=O)N1CCC[C@H]1C(=O)N1C[C@H](O)C[C@H]1C(=O)NCC(=O)O. The fourth-order valence-corrected chi connectivity index (χ4v) is 21.5. The minimum Gasteiger partial charge on any atom is -0.480 e. The highest BCUT2D eigenvalue weighted by Crippen LogP contribution is 2.34. The molecule has 136 heavy (non-hydrogen) atoms. The zero-order valence-electron chi connectivity index (χ0n) is 75.6. The third kappa shape index (κ3) is 23.5. The molecule has 19 N–H and O–H groups in total. The van der Waals surface area contributed by atoms with Crippen molar-refractivity contribution >= 4 is 124 Å². The third-order valence-electron chi connectivity index (χ3n) is 28.2. The molecule has 21 atom stereocenters. The summed E-state index contributed by atoms with van der Waals surface area (Å²) in [5.41, 5.74) is 5.80. The lowest BCUT2D eigenvalue weighted by Crippen LogP contribution is -2.57. The van der Waals surface area contributed by atoms with Crippen LogP contribution >= 0.6 is 0 Å². The number of amides is 20. The van der Waals surface area contributed by atoms with E-state index >= 15 is 0 Å². The van der Waals surface area contributed by atoms with Gasteiger partial charge >= 0.3 is 5.97 Å². The Labute approximate surface area is 780 Å². The van der Waals surface area contributed by atoms with E-state index in [4.69, 9.17) is 10.8 Å². The molecular weight excluding hydrogens is 1790 g/mol. The van der Waals surface area contributed by atoms with Gasteiger partial charge in [-0.05, 0) is 109 Å². The first-order valence-corrected chi connectivity index (χ1v) is 47.2. The molecule has 0 spiro atoms. The number of nitrogens with one attached hydrogen (secondary N) is 9. The van der Waals surface area contributed by atoms with E-state index in [1.165, 1.54) is 29.4 Å². The number of rotatable bonds is 33. The summed E-state index contributed by atoms with van der Waals surface area (Å²) in [5.74, 6) is -16.1. The van der Waals surface area contributed by atoms with Crippen LogP contribution in [0.2, 0.25) is 0 Å². The van der Waals surface area contributed by atoms with Crippen LogP contribution in [0.1, 0.15) is 141 Å². The van der Waals surface area contributed by atoms with Crippen molar-refractivity contribution in [3.63, 3.8) is 0 Å². The normalized spacial score (nSPS) is 30.0. The van der Waals surface area contributed by atoms with Crippen molar-refractivity contribution in [2.24, 2.45) is 5.73 Å². The molecule has 0 aliphatic carbocycles. The quantitative estimate of drug-likeness (QED) is 0.0271. The van der Waals surface area contributed by atoms with Gasteiger partial charge in [0.25, 0.3) is 0 Å². The molecule has 13 aliphatic rings. The lowest BCUT2D eigenvalue weighted by atomic mass is 10.1. The first kappa shape index (κ1) is 102. The standard InChI is InChI=1S/C85H126N22O29/c86-16-2-1-9-52(95-65(115)30-88-72(123)60-25-46(110)39-103(60)81(132)53-11-4-18-96(53)68(118)33-91-75(126)61-26-47(111)40-104(61)82(133)54-12-5-19-97(54)66(116)31-89-73(124)58-23-44(108)37-101(58)79(130)51-10-3-17-87-51)80(131)102-38-45(109)24-59(102)74(125)90-32-67(117)98-20-6-13-55(98)83(134)105-41-48(112)27-62(105)76(127)92-34-69(119)99-21-7-14-56(99)84(135)106-42-49(113)28-63(106)77(128)93-35-70(120)100-22-8-15-57(100)85(136)107-43-50(114)29-64(107)78(129)94-36-71(121)122/h44-64,87,108-114H,1-43,86H2,(H,88,123)(H,89,124)(H,90,125)(H,91,126)(H,92,127)(H,93,128)(H,94,129)(H,95,115)(H,121,122)/t44-,45-,46-,47-,48-,49-,50-,51+,52+,53+,54+,55+,56+,57+,58+,59+,60+,61+,62+,63+,64+/m1/s1. The van der Waals surface area contributed by atoms with Gasteiger partial charge in [0.2, 0.25) is 118 Å². The lowest BCUT2D eigenvalue weighted by Gasteiger charge is -2.32. The van der Waals surface area contributed by atoms with Gasteiger partial charge in [0.05, 0.1) is 88.0 Å². The monoisotopic (exact) mass is 1920 g/mol. The van der Waals surface area contributed by atoms with Crippen LogP contribution in [-0.2, 0) is 101 Å². The highest BCUT2D eigenvalue weighted by atomic mass is 16.4. The number of hydrogen-bond acceptors (Lipinski definition) is 30. The summed E-state index contributed by atoms with van der Waals surface area (Å²) >= 11 is 0. The Balaban J connectivity index is 0.543. The van der Waals surface area contributed by atoms with E-state index in [1.54, 1.807) is 0 Å². The van der Waals surface area contributed by atoms with Crippen molar-refractivity contribution in [3.8, 4) is 0 Å². The number of likely N-dealkylation sites (tertiary alicyclic amines) is 12. The Morgan fingerprint density at radius 1 is 0.287 bits per heavy atom. The fraction of sp³-hybridized carbons (Fsp3) is 0.753. The number of carboxylic acids is 1. The van der Waals surface area contributed by atoms with Gasteiger partial charge in [0.15, 0.2) is 0 Å². The van der Waals surface area contributed by atoms with Crippen molar-refractivity contribution in [3.05, 3.63) is 0 Å². The van der Waals surface area contributed by atoms with Gasteiger partial charge in [-0.3, -0.25) is 101 Å². The molecule has 51 heteroatoms. The molecule has 13 fully saturated rings. The number of aliphatic hydroxyl groups is 7. The van der Waals surface area contributed by atoms with Crippen LogP contribution in [0.4, 0.5) is 0 Å². The number of nitrogens with two attached hydrogens (primary N) is 1. The van der Waals surface area contributed by atoms with Gasteiger partial charge in [-0.1, -0.05) is 0 Å². The lowest BCUT2D eigenvalue weighted by molar-refractivity contribution is -0.148. The van der Waals surface area contributed by atoms with Crippen LogP contribution in [0, 0.1) is 0 Å². The number of aliphatic carboxylic acids is 1. The minimum atomic E-state index is -1.41. The average Bonchev–Trinajstić information content (AvgIpc) is 1.60. The maximum absolute atomic E-state index is 14.6. The van der Waals surface area contributed by atoms with Crippen molar-refractivity contribution < 1.29 is 142 Å². The smallest absolute Gasteiger partial charge is 0.322 e. The molecule has 0 aromatic rings. The van der Waals surface area contributed by atoms with E-state index in [1.807, 2.05) is 0 Å². The van der Waals surface area contributed by atoms with E-state index in [9.17, 15) is 136 Å². The maximum atomic E-state index is 14.6. The molecule has 13 aliphatic heterocycles. The highest BCUT2D eigenvalue weighted by molar-refractivity contribution is 6.02. The van der Waals surface area contributed by atoms with Crippen LogP contribution in [0.15, 0.2) is 0 Å². The van der Waals surface area contributed by atoms with Crippen LogP contribution in [0.5, 0.6) is 0 Å². The highest BCUT2D eigenvalue weighted by Gasteiger charge is 2.54. The number of carbonyl (C=O) groups excluding carboxylic acids is 20. The molecule has 51 nitrogen and oxygen atoms in total. The zero-order valence-corrected chi connectivity index (χ0v) is 75.6. The zero-order chi connectivity index (χ0) is 97.9. The predicted molar refractivity (Wildman–Crippen MR) is 461 cm³/mol. The van der Waals surface area contributed by atoms with E-state index < -0.39 is 298 Å². The van der Waals surface area contributed by atoms with Gasteiger partial charge in [0.1, 0.15) is 85.1 Å². The van der Waals surface area contributed by atoms with Gasteiger partial charge in [-0.15, -0.1) is 0 Å². The summed E-state index contributed by atoms with van der Waals surface area (Å²) in [5, 5.41) is 107. The summed E-state index contributed by atoms with van der Waals surface area (Å²) in [6.07, 6.45) is -5.35. The van der Waals surface area contributed by atoms with Crippen molar-refractivity contribution in [2.75, 3.05) is 137 Å². The van der Waals surface area contributed by atoms with E-state index in [0.29, 0.717) is 51.5 Å². The Morgan fingerprint density at radius 3 is 0.779 bits per heavy atom. The summed E-state index contributed by atoms with van der Waals surface area (Å²) in [6, 6.07) is -16.6. The molecule has 0 bridgehead atoms. The molecule has 0 aromatic carbocycles. The van der Waals surface area contributed by atoms with E-state index in [0.717, 1.165) is 35.8 Å². The van der Waals surface area contributed by atoms with Gasteiger partial charge < -0.3 is 153 Å².